The Kier molecular flexibility index (Phi) is 5.11. The van der Waals surface area contributed by atoms with Gasteiger partial charge in [-0.05, 0) is 53.2 Å². The molecule has 1 fully saturated rings. The number of nitrogens with zero attached hydrogens (tertiary/aromatic N) is 6. The number of aromatic nitrogens is 4. The second kappa shape index (κ2) is 7.89. The molecule has 0 radical (unpaired) electrons. The number of hydrogen-bond donors (Lipinski definition) is 1. The summed E-state index contributed by atoms with van der Waals surface area (Å²) in [4.78, 5) is 36.4. The summed E-state index contributed by atoms with van der Waals surface area (Å²) in [5.74, 6) is -2.38. The molecule has 1 unspecified atom stereocenters. The number of aryl methyl sites for hydroxylation is 1. The van der Waals surface area contributed by atoms with Crippen molar-refractivity contribution < 1.29 is 18.9 Å². The Bertz CT molecular complexity index is 1180. The number of rotatable bonds is 5. The summed E-state index contributed by atoms with van der Waals surface area (Å²) in [6.45, 7) is 1.88. The molecule has 0 bridgehead atoms. The maximum Gasteiger partial charge on any atom is 0.306 e. The zero-order chi connectivity index (χ0) is 22.1. The minimum Gasteiger partial charge on any atom is -0.326 e. The van der Waals surface area contributed by atoms with E-state index in [0.717, 1.165) is 23.4 Å². The van der Waals surface area contributed by atoms with Crippen molar-refractivity contribution in [3.63, 3.8) is 0 Å². The smallest absolute Gasteiger partial charge is 0.306 e. The molecule has 4 rings (SSSR count). The van der Waals surface area contributed by atoms with Gasteiger partial charge in [-0.25, -0.2) is 4.68 Å². The summed E-state index contributed by atoms with van der Waals surface area (Å²) < 4.78 is 15.1. The van der Waals surface area contributed by atoms with E-state index >= 15 is 0 Å². The van der Waals surface area contributed by atoms with Crippen LogP contribution in [0.15, 0.2) is 42.7 Å². The molecule has 158 valence electrons. The molecule has 0 aliphatic carbocycles. The van der Waals surface area contributed by atoms with Gasteiger partial charge in [0.1, 0.15) is 6.33 Å². The number of hydrogen-bond acceptors (Lipinski definition) is 7. The Hall–Kier alpha value is -4.22. The molecule has 2 amide bonds. The van der Waals surface area contributed by atoms with Gasteiger partial charge >= 0.3 is 5.69 Å². The molecule has 1 N–H and O–H groups in total. The lowest BCUT2D eigenvalue weighted by Gasteiger charge is -2.17. The van der Waals surface area contributed by atoms with E-state index < -0.39 is 22.3 Å². The summed E-state index contributed by atoms with van der Waals surface area (Å²) >= 11 is 0. The summed E-state index contributed by atoms with van der Waals surface area (Å²) in [6.07, 6.45) is 1.40. The number of nitrogens with one attached hydrogen (secondary N) is 1. The van der Waals surface area contributed by atoms with Crippen molar-refractivity contribution in [2.45, 2.75) is 13.3 Å². The standard InChI is InChI=1S/C19H16FN7O4/c1-11-6-13(2-5-16(11)26-10-21-23-24-26)22-19(29)12-7-18(28)25(9-12)14-3-4-15(20)17(8-14)27(30)31/h2-6,8,10,12H,7,9H2,1H3,(H,22,29). The average molecular weight is 425 g/mol. The van der Waals surface area contributed by atoms with Crippen LogP contribution in [0.25, 0.3) is 5.69 Å². The van der Waals surface area contributed by atoms with Crippen LogP contribution in [0.4, 0.5) is 21.5 Å². The van der Waals surface area contributed by atoms with Gasteiger partial charge in [0, 0.05) is 24.7 Å². The largest absolute Gasteiger partial charge is 0.326 e. The van der Waals surface area contributed by atoms with E-state index in [4.69, 9.17) is 0 Å². The number of tetrazole rings is 1. The number of amides is 2. The van der Waals surface area contributed by atoms with Gasteiger partial charge in [-0.3, -0.25) is 19.7 Å². The van der Waals surface area contributed by atoms with Gasteiger partial charge in [-0.1, -0.05) is 0 Å². The summed E-state index contributed by atoms with van der Waals surface area (Å²) in [5, 5.41) is 24.7. The number of nitro groups is 1. The lowest BCUT2D eigenvalue weighted by Crippen LogP contribution is -2.28. The average Bonchev–Trinajstić information content (AvgIpc) is 3.38. The first-order chi connectivity index (χ1) is 14.8. The van der Waals surface area contributed by atoms with E-state index in [2.05, 4.69) is 20.8 Å². The van der Waals surface area contributed by atoms with Crippen molar-refractivity contribution in [1.29, 1.82) is 0 Å². The number of carbonyl (C=O) groups is 2. The Balaban J connectivity index is 1.47. The molecular formula is C19H16FN7O4. The minimum atomic E-state index is -0.991. The lowest BCUT2D eigenvalue weighted by atomic mass is 10.1. The molecule has 1 aliphatic rings. The fourth-order valence-corrected chi connectivity index (χ4v) is 3.45. The summed E-state index contributed by atoms with van der Waals surface area (Å²) in [7, 11) is 0. The molecule has 0 spiro atoms. The highest BCUT2D eigenvalue weighted by atomic mass is 19.1. The van der Waals surface area contributed by atoms with E-state index in [1.165, 1.54) is 22.0 Å². The topological polar surface area (TPSA) is 136 Å². The van der Waals surface area contributed by atoms with Crippen LogP contribution in [0.2, 0.25) is 0 Å². The zero-order valence-corrected chi connectivity index (χ0v) is 16.2. The Morgan fingerprint density at radius 1 is 1.29 bits per heavy atom. The quantitative estimate of drug-likeness (QED) is 0.488. The fraction of sp³-hybridized carbons (Fsp3) is 0.211. The molecule has 1 atom stereocenters. The van der Waals surface area contributed by atoms with E-state index in [0.29, 0.717) is 5.69 Å². The number of carbonyl (C=O) groups excluding carboxylic acids is 2. The molecular weight excluding hydrogens is 409 g/mol. The van der Waals surface area contributed by atoms with Crippen LogP contribution in [-0.4, -0.2) is 43.5 Å². The Labute approximate surface area is 174 Å². The molecule has 11 nitrogen and oxygen atoms in total. The van der Waals surface area contributed by atoms with Crippen LogP contribution in [0, 0.1) is 28.8 Å². The number of benzene rings is 2. The highest BCUT2D eigenvalue weighted by molar-refractivity contribution is 6.03. The Morgan fingerprint density at radius 2 is 2.10 bits per heavy atom. The first-order valence-electron chi connectivity index (χ1n) is 9.22. The third kappa shape index (κ3) is 3.95. The predicted octanol–water partition coefficient (Wildman–Crippen LogP) is 2.01. The second-order valence-corrected chi connectivity index (χ2v) is 7.04. The third-order valence-corrected chi connectivity index (χ3v) is 4.99. The molecule has 12 heteroatoms. The van der Waals surface area contributed by atoms with Gasteiger partial charge in [0.15, 0.2) is 0 Å². The number of nitro benzene ring substituents is 1. The molecule has 3 aromatic rings. The van der Waals surface area contributed by atoms with Crippen LogP contribution in [0.5, 0.6) is 0 Å². The molecule has 2 heterocycles. The van der Waals surface area contributed by atoms with Gasteiger partial charge in [0.25, 0.3) is 0 Å². The lowest BCUT2D eigenvalue weighted by molar-refractivity contribution is -0.387. The highest BCUT2D eigenvalue weighted by Gasteiger charge is 2.36. The van der Waals surface area contributed by atoms with E-state index in [-0.39, 0.29) is 30.5 Å². The van der Waals surface area contributed by atoms with Crippen LogP contribution in [-0.2, 0) is 9.59 Å². The second-order valence-electron chi connectivity index (χ2n) is 7.04. The first kappa shape index (κ1) is 20.1. The predicted molar refractivity (Wildman–Crippen MR) is 106 cm³/mol. The van der Waals surface area contributed by atoms with Crippen molar-refractivity contribution in [1.82, 2.24) is 20.2 Å². The SMILES string of the molecule is Cc1cc(NC(=O)C2CC(=O)N(c3ccc(F)c([N+](=O)[O-])c3)C2)ccc1-n1cnnn1. The molecule has 1 aromatic heterocycles. The normalized spacial score (nSPS) is 15.9. The van der Waals surface area contributed by atoms with Crippen LogP contribution in [0.3, 0.4) is 0 Å². The fourth-order valence-electron chi connectivity index (χ4n) is 3.45. The van der Waals surface area contributed by atoms with Gasteiger partial charge in [-0.2, -0.15) is 4.39 Å². The minimum absolute atomic E-state index is 0.0369. The van der Waals surface area contributed by atoms with Crippen molar-refractivity contribution >= 4 is 28.9 Å². The van der Waals surface area contributed by atoms with Crippen LogP contribution < -0.4 is 10.2 Å². The van der Waals surface area contributed by atoms with E-state index in [1.807, 2.05) is 6.92 Å². The van der Waals surface area contributed by atoms with Crippen molar-refractivity contribution in [2.24, 2.45) is 5.92 Å². The van der Waals surface area contributed by atoms with Crippen LogP contribution in [0.1, 0.15) is 12.0 Å². The summed E-state index contributed by atoms with van der Waals surface area (Å²) in [6, 6.07) is 8.41. The van der Waals surface area contributed by atoms with Gasteiger partial charge in [0.05, 0.1) is 22.2 Å². The number of anilines is 2. The third-order valence-electron chi connectivity index (χ3n) is 4.99. The maximum absolute atomic E-state index is 13.6. The van der Waals surface area contributed by atoms with E-state index in [9.17, 15) is 24.1 Å². The monoisotopic (exact) mass is 425 g/mol. The molecule has 1 saturated heterocycles. The molecule has 0 saturated carbocycles. The number of halogens is 1. The summed E-state index contributed by atoms with van der Waals surface area (Å²) in [5.41, 5.74) is 1.57. The first-order valence-corrected chi connectivity index (χ1v) is 9.22. The molecule has 31 heavy (non-hydrogen) atoms. The van der Waals surface area contributed by atoms with Gasteiger partial charge in [0.2, 0.25) is 17.6 Å². The maximum atomic E-state index is 13.6. The van der Waals surface area contributed by atoms with Crippen molar-refractivity contribution in [3.05, 3.63) is 64.2 Å². The van der Waals surface area contributed by atoms with Crippen molar-refractivity contribution in [3.8, 4) is 5.69 Å². The van der Waals surface area contributed by atoms with Gasteiger partial charge in [-0.15, -0.1) is 5.10 Å². The Morgan fingerprint density at radius 3 is 2.77 bits per heavy atom. The molecule has 1 aliphatic heterocycles. The van der Waals surface area contributed by atoms with Crippen LogP contribution >= 0.6 is 0 Å². The zero-order valence-electron chi connectivity index (χ0n) is 16.2. The van der Waals surface area contributed by atoms with E-state index in [1.54, 1.807) is 18.2 Å². The molecule has 2 aromatic carbocycles. The van der Waals surface area contributed by atoms with Gasteiger partial charge < -0.3 is 10.2 Å². The van der Waals surface area contributed by atoms with Crippen molar-refractivity contribution in [2.75, 3.05) is 16.8 Å². The highest BCUT2D eigenvalue weighted by Crippen LogP contribution is 2.30.